The molecule has 20 heavy (non-hydrogen) atoms. The van der Waals surface area contributed by atoms with E-state index in [1.165, 1.54) is 5.56 Å². The minimum atomic E-state index is 0.667. The zero-order chi connectivity index (χ0) is 14.3. The lowest BCUT2D eigenvalue weighted by atomic mass is 9.99. The molecule has 2 heterocycles. The van der Waals surface area contributed by atoms with Gasteiger partial charge in [0.25, 0.3) is 0 Å². The topological polar surface area (TPSA) is 56.7 Å². The second kappa shape index (κ2) is 4.76. The lowest BCUT2D eigenvalue weighted by molar-refractivity contribution is 0.781. The number of aryl methyl sites for hydroxylation is 3. The van der Waals surface area contributed by atoms with E-state index in [0.717, 1.165) is 27.5 Å². The molecule has 0 aliphatic carbocycles. The van der Waals surface area contributed by atoms with Crippen molar-refractivity contribution in [2.24, 2.45) is 7.05 Å². The Morgan fingerprint density at radius 1 is 1.20 bits per heavy atom. The molecule has 0 aliphatic rings. The number of hydrogen-bond donors (Lipinski definition) is 1. The zero-order valence-corrected chi connectivity index (χ0v) is 12.5. The maximum absolute atomic E-state index is 6.22. The molecular formula is C15H16N4S. The fraction of sp³-hybridized carbons (Fsp3) is 0.200. The maximum Gasteiger partial charge on any atom is 0.129 e. The monoisotopic (exact) mass is 284 g/mol. The molecule has 2 aromatic heterocycles. The van der Waals surface area contributed by atoms with Crippen LogP contribution < -0.4 is 5.73 Å². The maximum atomic E-state index is 6.22. The number of anilines is 1. The highest BCUT2D eigenvalue weighted by Gasteiger charge is 2.20. The second-order valence-corrected chi connectivity index (χ2v) is 5.86. The van der Waals surface area contributed by atoms with E-state index in [9.17, 15) is 0 Å². The van der Waals surface area contributed by atoms with Crippen molar-refractivity contribution in [3.8, 4) is 22.5 Å². The van der Waals surface area contributed by atoms with Crippen LogP contribution in [0.1, 0.15) is 10.6 Å². The molecule has 0 aliphatic heterocycles. The Hall–Kier alpha value is -2.14. The molecular weight excluding hydrogens is 268 g/mol. The van der Waals surface area contributed by atoms with E-state index >= 15 is 0 Å². The van der Waals surface area contributed by atoms with Crippen LogP contribution in [0.3, 0.4) is 0 Å². The van der Waals surface area contributed by atoms with Gasteiger partial charge in [-0.1, -0.05) is 24.3 Å². The van der Waals surface area contributed by atoms with Gasteiger partial charge in [0, 0.05) is 12.4 Å². The standard InChI is InChI=1S/C15H16N4S/c1-9-6-4-5-7-11(9)13-14(18-19(3)15(13)16)12-8-20-10(2)17-12/h4-8H,16H2,1-3H3. The minimum absolute atomic E-state index is 0.667. The van der Waals surface area contributed by atoms with E-state index in [-0.39, 0.29) is 0 Å². The molecule has 5 heteroatoms. The Balaban J connectivity index is 2.28. The number of nitrogens with two attached hydrogens (primary N) is 1. The van der Waals surface area contributed by atoms with Gasteiger partial charge in [0.05, 0.1) is 10.6 Å². The summed E-state index contributed by atoms with van der Waals surface area (Å²) in [4.78, 5) is 4.54. The third-order valence-electron chi connectivity index (χ3n) is 3.37. The van der Waals surface area contributed by atoms with Crippen molar-refractivity contribution in [3.63, 3.8) is 0 Å². The van der Waals surface area contributed by atoms with Crippen molar-refractivity contribution in [2.75, 3.05) is 5.73 Å². The van der Waals surface area contributed by atoms with Crippen molar-refractivity contribution >= 4 is 17.2 Å². The summed E-state index contributed by atoms with van der Waals surface area (Å²) in [5.74, 6) is 0.667. The highest BCUT2D eigenvalue weighted by Crippen LogP contribution is 2.37. The van der Waals surface area contributed by atoms with E-state index in [4.69, 9.17) is 5.73 Å². The molecule has 3 rings (SSSR count). The number of nitrogen functional groups attached to an aromatic ring is 1. The van der Waals surface area contributed by atoms with Crippen LogP contribution in [0, 0.1) is 13.8 Å². The molecule has 0 fully saturated rings. The van der Waals surface area contributed by atoms with Gasteiger partial charge in [0.15, 0.2) is 0 Å². The van der Waals surface area contributed by atoms with Crippen LogP contribution in [-0.2, 0) is 7.05 Å². The molecule has 3 aromatic rings. The fourth-order valence-corrected chi connectivity index (χ4v) is 2.90. The van der Waals surface area contributed by atoms with Crippen LogP contribution in [0.15, 0.2) is 29.6 Å². The minimum Gasteiger partial charge on any atom is -0.383 e. The van der Waals surface area contributed by atoms with Gasteiger partial charge in [-0.05, 0) is 25.0 Å². The first-order chi connectivity index (χ1) is 9.58. The van der Waals surface area contributed by atoms with Crippen LogP contribution in [0.2, 0.25) is 0 Å². The first-order valence-electron chi connectivity index (χ1n) is 6.39. The van der Waals surface area contributed by atoms with E-state index < -0.39 is 0 Å². The molecule has 0 unspecified atom stereocenters. The molecule has 0 saturated heterocycles. The van der Waals surface area contributed by atoms with Crippen LogP contribution in [0.5, 0.6) is 0 Å². The average Bonchev–Trinajstić information content (AvgIpc) is 2.96. The Bertz CT molecular complexity index is 770. The summed E-state index contributed by atoms with van der Waals surface area (Å²) < 4.78 is 1.71. The number of aromatic nitrogens is 3. The van der Waals surface area contributed by atoms with E-state index in [1.54, 1.807) is 16.0 Å². The predicted octanol–water partition coefficient (Wildman–Crippen LogP) is 3.41. The molecule has 0 atom stereocenters. The second-order valence-electron chi connectivity index (χ2n) is 4.80. The number of benzene rings is 1. The number of nitrogens with zero attached hydrogens (tertiary/aromatic N) is 3. The predicted molar refractivity (Wildman–Crippen MR) is 83.6 cm³/mol. The van der Waals surface area contributed by atoms with E-state index in [0.29, 0.717) is 5.82 Å². The SMILES string of the molecule is Cc1nc(-c2nn(C)c(N)c2-c2ccccc2C)cs1. The molecule has 2 N–H and O–H groups in total. The van der Waals surface area contributed by atoms with Gasteiger partial charge in [0.1, 0.15) is 17.2 Å². The van der Waals surface area contributed by atoms with Crippen molar-refractivity contribution in [2.45, 2.75) is 13.8 Å². The third-order valence-corrected chi connectivity index (χ3v) is 4.14. The summed E-state index contributed by atoms with van der Waals surface area (Å²) in [5.41, 5.74) is 11.2. The quantitative estimate of drug-likeness (QED) is 0.784. The number of thiazole rings is 1. The van der Waals surface area contributed by atoms with Crippen molar-refractivity contribution in [3.05, 3.63) is 40.2 Å². The summed E-state index contributed by atoms with van der Waals surface area (Å²) in [5, 5.41) is 7.60. The molecule has 0 spiro atoms. The third kappa shape index (κ3) is 2.00. The Morgan fingerprint density at radius 3 is 2.60 bits per heavy atom. The summed E-state index contributed by atoms with van der Waals surface area (Å²) in [7, 11) is 1.86. The Morgan fingerprint density at radius 2 is 1.95 bits per heavy atom. The average molecular weight is 284 g/mol. The van der Waals surface area contributed by atoms with Gasteiger partial charge in [-0.3, -0.25) is 4.68 Å². The van der Waals surface area contributed by atoms with Crippen LogP contribution in [0.25, 0.3) is 22.5 Å². The smallest absolute Gasteiger partial charge is 0.129 e. The summed E-state index contributed by atoms with van der Waals surface area (Å²) in [6.07, 6.45) is 0. The molecule has 4 nitrogen and oxygen atoms in total. The number of hydrogen-bond acceptors (Lipinski definition) is 4. The first kappa shape index (κ1) is 12.9. The van der Waals surface area contributed by atoms with Gasteiger partial charge in [-0.2, -0.15) is 5.10 Å². The Labute approximate surface area is 121 Å². The van der Waals surface area contributed by atoms with Gasteiger partial charge >= 0.3 is 0 Å². The van der Waals surface area contributed by atoms with Gasteiger partial charge < -0.3 is 5.73 Å². The van der Waals surface area contributed by atoms with Gasteiger partial charge in [-0.25, -0.2) is 4.98 Å². The fourth-order valence-electron chi connectivity index (χ4n) is 2.31. The molecule has 0 bridgehead atoms. The Kier molecular flexibility index (Phi) is 3.06. The largest absolute Gasteiger partial charge is 0.383 e. The molecule has 0 saturated carbocycles. The summed E-state index contributed by atoms with van der Waals surface area (Å²) in [6, 6.07) is 8.20. The van der Waals surface area contributed by atoms with Crippen molar-refractivity contribution < 1.29 is 0 Å². The molecule has 1 aromatic carbocycles. The summed E-state index contributed by atoms with van der Waals surface area (Å²) in [6.45, 7) is 4.08. The number of rotatable bonds is 2. The molecule has 0 amide bonds. The van der Waals surface area contributed by atoms with Crippen molar-refractivity contribution in [1.29, 1.82) is 0 Å². The molecule has 0 radical (unpaired) electrons. The van der Waals surface area contributed by atoms with Crippen LogP contribution in [-0.4, -0.2) is 14.8 Å². The highest BCUT2D eigenvalue weighted by molar-refractivity contribution is 7.09. The first-order valence-corrected chi connectivity index (χ1v) is 7.27. The zero-order valence-electron chi connectivity index (χ0n) is 11.7. The normalized spacial score (nSPS) is 10.9. The molecule has 102 valence electrons. The lowest BCUT2D eigenvalue weighted by Gasteiger charge is -2.06. The highest BCUT2D eigenvalue weighted by atomic mass is 32.1. The summed E-state index contributed by atoms with van der Waals surface area (Å²) >= 11 is 1.62. The van der Waals surface area contributed by atoms with Crippen LogP contribution >= 0.6 is 11.3 Å². The van der Waals surface area contributed by atoms with E-state index in [1.807, 2.05) is 31.5 Å². The van der Waals surface area contributed by atoms with E-state index in [2.05, 4.69) is 29.1 Å². The lowest BCUT2D eigenvalue weighted by Crippen LogP contribution is -1.98. The van der Waals surface area contributed by atoms with Crippen LogP contribution in [0.4, 0.5) is 5.82 Å². The van der Waals surface area contributed by atoms with Gasteiger partial charge in [0.2, 0.25) is 0 Å². The van der Waals surface area contributed by atoms with Crippen molar-refractivity contribution in [1.82, 2.24) is 14.8 Å². The van der Waals surface area contributed by atoms with Gasteiger partial charge in [-0.15, -0.1) is 11.3 Å².